The van der Waals surface area contributed by atoms with E-state index in [1.54, 1.807) is 7.11 Å². The van der Waals surface area contributed by atoms with Crippen molar-refractivity contribution in [3.63, 3.8) is 0 Å². The van der Waals surface area contributed by atoms with Crippen molar-refractivity contribution in [1.82, 2.24) is 15.1 Å². The smallest absolute Gasteiger partial charge is 0.0762 e. The van der Waals surface area contributed by atoms with Crippen molar-refractivity contribution in [3.8, 4) is 0 Å². The Labute approximate surface area is 103 Å². The molecule has 1 aliphatic rings. The molecule has 1 aromatic rings. The van der Waals surface area contributed by atoms with Crippen molar-refractivity contribution in [2.24, 2.45) is 0 Å². The van der Waals surface area contributed by atoms with Crippen molar-refractivity contribution < 1.29 is 4.74 Å². The average molecular weight is 237 g/mol. The number of ether oxygens (including phenoxy) is 1. The van der Waals surface area contributed by atoms with Crippen LogP contribution in [0.2, 0.25) is 0 Å². The first-order chi connectivity index (χ1) is 8.29. The van der Waals surface area contributed by atoms with Gasteiger partial charge in [-0.25, -0.2) is 0 Å². The molecule has 2 rings (SSSR count). The Morgan fingerprint density at radius 2 is 2.29 bits per heavy atom. The van der Waals surface area contributed by atoms with Crippen LogP contribution in [0, 0.1) is 0 Å². The Morgan fingerprint density at radius 1 is 1.53 bits per heavy atom. The Kier molecular flexibility index (Phi) is 4.57. The van der Waals surface area contributed by atoms with Gasteiger partial charge < -0.3 is 10.1 Å². The standard InChI is InChI=1S/C13H23N3O/c1-11(17-2)9-14-10-12-7-8-16(15-12)13-5-3-4-6-13/h7-8,11,13-14H,3-6,9-10H2,1-2H3. The zero-order chi connectivity index (χ0) is 12.1. The van der Waals surface area contributed by atoms with Crippen LogP contribution in [0.3, 0.4) is 0 Å². The second-order valence-corrected chi connectivity index (χ2v) is 4.90. The minimum absolute atomic E-state index is 0.256. The average Bonchev–Trinajstić information content (AvgIpc) is 2.98. The quantitative estimate of drug-likeness (QED) is 0.823. The first kappa shape index (κ1) is 12.6. The SMILES string of the molecule is COC(C)CNCc1ccn(C2CCCC2)n1. The summed E-state index contributed by atoms with van der Waals surface area (Å²) in [4.78, 5) is 0. The summed E-state index contributed by atoms with van der Waals surface area (Å²) in [5.41, 5.74) is 1.13. The van der Waals surface area contributed by atoms with Gasteiger partial charge in [-0.15, -0.1) is 0 Å². The maximum absolute atomic E-state index is 5.19. The molecule has 0 aliphatic heterocycles. The van der Waals surface area contributed by atoms with Gasteiger partial charge in [0, 0.05) is 26.4 Å². The maximum atomic E-state index is 5.19. The molecule has 17 heavy (non-hydrogen) atoms. The van der Waals surface area contributed by atoms with Gasteiger partial charge in [-0.05, 0) is 25.8 Å². The highest BCUT2D eigenvalue weighted by molar-refractivity contribution is 4.99. The van der Waals surface area contributed by atoms with Gasteiger partial charge in [0.15, 0.2) is 0 Å². The minimum Gasteiger partial charge on any atom is -0.380 e. The van der Waals surface area contributed by atoms with E-state index in [-0.39, 0.29) is 6.10 Å². The lowest BCUT2D eigenvalue weighted by Gasteiger charge is -2.10. The van der Waals surface area contributed by atoms with E-state index < -0.39 is 0 Å². The molecule has 4 nitrogen and oxygen atoms in total. The van der Waals surface area contributed by atoms with E-state index in [4.69, 9.17) is 4.74 Å². The molecule has 1 aliphatic carbocycles. The first-order valence-corrected chi connectivity index (χ1v) is 6.57. The number of methoxy groups -OCH3 is 1. The summed E-state index contributed by atoms with van der Waals surface area (Å²) < 4.78 is 7.33. The molecule has 0 radical (unpaired) electrons. The van der Waals surface area contributed by atoms with E-state index in [0.717, 1.165) is 18.8 Å². The highest BCUT2D eigenvalue weighted by Crippen LogP contribution is 2.28. The van der Waals surface area contributed by atoms with Crippen LogP contribution in [0.25, 0.3) is 0 Å². The van der Waals surface area contributed by atoms with Gasteiger partial charge >= 0.3 is 0 Å². The van der Waals surface area contributed by atoms with Crippen LogP contribution in [0.4, 0.5) is 0 Å². The summed E-state index contributed by atoms with van der Waals surface area (Å²) in [6, 6.07) is 2.75. The molecule has 0 bridgehead atoms. The molecular weight excluding hydrogens is 214 g/mol. The lowest BCUT2D eigenvalue weighted by molar-refractivity contribution is 0.117. The van der Waals surface area contributed by atoms with Crippen molar-refractivity contribution in [2.45, 2.75) is 51.3 Å². The molecule has 0 saturated heterocycles. The molecule has 1 N–H and O–H groups in total. The molecule has 0 spiro atoms. The summed E-state index contributed by atoms with van der Waals surface area (Å²) >= 11 is 0. The second kappa shape index (κ2) is 6.17. The van der Waals surface area contributed by atoms with Gasteiger partial charge in [-0.1, -0.05) is 12.8 Å². The molecule has 1 fully saturated rings. The van der Waals surface area contributed by atoms with Crippen LogP contribution in [0.5, 0.6) is 0 Å². The molecule has 1 heterocycles. The summed E-state index contributed by atoms with van der Waals surface area (Å²) in [5, 5.41) is 7.98. The van der Waals surface area contributed by atoms with E-state index in [1.165, 1.54) is 25.7 Å². The third-order valence-corrected chi connectivity index (χ3v) is 3.50. The zero-order valence-electron chi connectivity index (χ0n) is 10.9. The van der Waals surface area contributed by atoms with Crippen LogP contribution in [0.15, 0.2) is 12.3 Å². The van der Waals surface area contributed by atoms with E-state index in [2.05, 4.69) is 34.3 Å². The highest BCUT2D eigenvalue weighted by Gasteiger charge is 2.17. The summed E-state index contributed by atoms with van der Waals surface area (Å²) in [6.07, 6.45) is 7.65. The van der Waals surface area contributed by atoms with Crippen molar-refractivity contribution in [3.05, 3.63) is 18.0 Å². The summed E-state index contributed by atoms with van der Waals surface area (Å²) in [6.45, 7) is 3.75. The monoisotopic (exact) mass is 237 g/mol. The van der Waals surface area contributed by atoms with E-state index in [1.807, 2.05) is 0 Å². The minimum atomic E-state index is 0.256. The molecule has 4 heteroatoms. The number of rotatable bonds is 6. The van der Waals surface area contributed by atoms with E-state index in [0.29, 0.717) is 6.04 Å². The first-order valence-electron chi connectivity index (χ1n) is 6.57. The van der Waals surface area contributed by atoms with Crippen LogP contribution in [-0.4, -0.2) is 29.5 Å². The Hall–Kier alpha value is -0.870. The third kappa shape index (κ3) is 3.54. The van der Waals surface area contributed by atoms with E-state index >= 15 is 0 Å². The van der Waals surface area contributed by atoms with Gasteiger partial charge in [0.25, 0.3) is 0 Å². The number of nitrogens with one attached hydrogen (secondary N) is 1. The van der Waals surface area contributed by atoms with Crippen LogP contribution >= 0.6 is 0 Å². The fourth-order valence-corrected chi connectivity index (χ4v) is 2.33. The van der Waals surface area contributed by atoms with Gasteiger partial charge in [0.05, 0.1) is 17.8 Å². The van der Waals surface area contributed by atoms with Crippen LogP contribution in [0.1, 0.15) is 44.3 Å². The van der Waals surface area contributed by atoms with Crippen LogP contribution in [-0.2, 0) is 11.3 Å². The van der Waals surface area contributed by atoms with E-state index in [9.17, 15) is 0 Å². The lowest BCUT2D eigenvalue weighted by atomic mass is 10.3. The van der Waals surface area contributed by atoms with Crippen molar-refractivity contribution in [1.29, 1.82) is 0 Å². The number of hydrogen-bond acceptors (Lipinski definition) is 3. The zero-order valence-corrected chi connectivity index (χ0v) is 10.9. The number of hydrogen-bond donors (Lipinski definition) is 1. The van der Waals surface area contributed by atoms with Crippen molar-refractivity contribution >= 4 is 0 Å². The molecule has 0 aromatic carbocycles. The van der Waals surface area contributed by atoms with Crippen molar-refractivity contribution in [2.75, 3.05) is 13.7 Å². The maximum Gasteiger partial charge on any atom is 0.0762 e. The topological polar surface area (TPSA) is 39.1 Å². The summed E-state index contributed by atoms with van der Waals surface area (Å²) in [5.74, 6) is 0. The summed E-state index contributed by atoms with van der Waals surface area (Å²) in [7, 11) is 1.74. The predicted molar refractivity (Wildman–Crippen MR) is 67.9 cm³/mol. The van der Waals surface area contributed by atoms with Gasteiger partial charge in [-0.2, -0.15) is 5.10 Å². The predicted octanol–water partition coefficient (Wildman–Crippen LogP) is 2.12. The molecule has 1 aromatic heterocycles. The molecule has 96 valence electrons. The Balaban J connectivity index is 1.77. The largest absolute Gasteiger partial charge is 0.380 e. The highest BCUT2D eigenvalue weighted by atomic mass is 16.5. The number of nitrogens with zero attached hydrogens (tertiary/aromatic N) is 2. The second-order valence-electron chi connectivity index (χ2n) is 4.90. The van der Waals surface area contributed by atoms with Crippen LogP contribution < -0.4 is 5.32 Å². The van der Waals surface area contributed by atoms with Gasteiger partial charge in [0.2, 0.25) is 0 Å². The molecule has 0 amide bonds. The fourth-order valence-electron chi connectivity index (χ4n) is 2.33. The molecule has 1 atom stereocenters. The van der Waals surface area contributed by atoms with Gasteiger partial charge in [-0.3, -0.25) is 4.68 Å². The molecule has 1 unspecified atom stereocenters. The lowest BCUT2D eigenvalue weighted by Crippen LogP contribution is -2.25. The normalized spacial score (nSPS) is 18.7. The fraction of sp³-hybridized carbons (Fsp3) is 0.769. The Morgan fingerprint density at radius 3 is 3.00 bits per heavy atom. The Bertz CT molecular complexity index is 331. The third-order valence-electron chi connectivity index (χ3n) is 3.50. The number of aromatic nitrogens is 2. The molecule has 1 saturated carbocycles. The van der Waals surface area contributed by atoms with Gasteiger partial charge in [0.1, 0.15) is 0 Å². The molecular formula is C13H23N3O.